The zero-order chi connectivity index (χ0) is 13.1. The van der Waals surface area contributed by atoms with Crippen molar-refractivity contribution < 1.29 is 0 Å². The van der Waals surface area contributed by atoms with Crippen LogP contribution in [0.3, 0.4) is 0 Å². The quantitative estimate of drug-likeness (QED) is 0.896. The third kappa shape index (κ3) is 2.79. The van der Waals surface area contributed by atoms with Crippen LogP contribution in [0.5, 0.6) is 0 Å². The molecule has 0 aliphatic carbocycles. The largest absolute Gasteiger partial charge is 0.322 e. The van der Waals surface area contributed by atoms with Crippen LogP contribution in [0.2, 0.25) is 0 Å². The van der Waals surface area contributed by atoms with Crippen molar-refractivity contribution in [3.8, 4) is 0 Å². The Morgan fingerprint density at radius 1 is 1.28 bits per heavy atom. The monoisotopic (exact) mass is 243 g/mol. The molecule has 18 heavy (non-hydrogen) atoms. The molecule has 0 aliphatic heterocycles. The number of hydrogen-bond acceptors (Lipinski definition) is 2. The SMILES string of the molecule is CCc1cc(C(N)Cc2ccc(C)cc2)n(C)n1. The predicted octanol–water partition coefficient (Wildman–Crippen LogP) is 2.53. The van der Waals surface area contributed by atoms with Crippen molar-refractivity contribution in [3.05, 3.63) is 52.8 Å². The van der Waals surface area contributed by atoms with Crippen LogP contribution in [0.25, 0.3) is 0 Å². The lowest BCUT2D eigenvalue weighted by atomic mass is 10.0. The van der Waals surface area contributed by atoms with E-state index in [-0.39, 0.29) is 6.04 Å². The Hall–Kier alpha value is -1.61. The zero-order valence-corrected chi connectivity index (χ0v) is 11.4. The lowest BCUT2D eigenvalue weighted by Gasteiger charge is -2.12. The van der Waals surface area contributed by atoms with Crippen molar-refractivity contribution in [3.63, 3.8) is 0 Å². The molecule has 1 aromatic heterocycles. The van der Waals surface area contributed by atoms with E-state index in [9.17, 15) is 0 Å². The van der Waals surface area contributed by atoms with Crippen LogP contribution in [0.4, 0.5) is 0 Å². The van der Waals surface area contributed by atoms with Crippen LogP contribution < -0.4 is 5.73 Å². The van der Waals surface area contributed by atoms with Crippen molar-refractivity contribution in [1.82, 2.24) is 9.78 Å². The van der Waals surface area contributed by atoms with Gasteiger partial charge in [-0.25, -0.2) is 0 Å². The highest BCUT2D eigenvalue weighted by molar-refractivity contribution is 5.24. The minimum absolute atomic E-state index is 0.00510. The fraction of sp³-hybridized carbons (Fsp3) is 0.400. The second-order valence-electron chi connectivity index (χ2n) is 4.83. The molecule has 2 rings (SSSR count). The molecule has 3 nitrogen and oxygen atoms in total. The van der Waals surface area contributed by atoms with Crippen LogP contribution in [0, 0.1) is 6.92 Å². The number of rotatable bonds is 4. The first-order valence-corrected chi connectivity index (χ1v) is 6.44. The third-order valence-electron chi connectivity index (χ3n) is 3.28. The average molecular weight is 243 g/mol. The Morgan fingerprint density at radius 2 is 1.94 bits per heavy atom. The molecule has 0 fully saturated rings. The van der Waals surface area contributed by atoms with Gasteiger partial charge in [0.05, 0.1) is 17.4 Å². The minimum atomic E-state index is 0.00510. The molecule has 0 saturated heterocycles. The number of nitrogens with two attached hydrogens (primary N) is 1. The van der Waals surface area contributed by atoms with E-state index in [0.29, 0.717) is 0 Å². The molecule has 0 saturated carbocycles. The molecule has 1 atom stereocenters. The maximum Gasteiger partial charge on any atom is 0.0625 e. The Kier molecular flexibility index (Phi) is 3.82. The van der Waals surface area contributed by atoms with E-state index in [0.717, 1.165) is 24.2 Å². The molecular weight excluding hydrogens is 222 g/mol. The van der Waals surface area contributed by atoms with Gasteiger partial charge in [0.1, 0.15) is 0 Å². The second kappa shape index (κ2) is 5.36. The van der Waals surface area contributed by atoms with Gasteiger partial charge in [0.2, 0.25) is 0 Å². The summed E-state index contributed by atoms with van der Waals surface area (Å²) in [7, 11) is 1.96. The van der Waals surface area contributed by atoms with Gasteiger partial charge in [0.25, 0.3) is 0 Å². The van der Waals surface area contributed by atoms with Gasteiger partial charge in [-0.05, 0) is 31.4 Å². The molecule has 0 amide bonds. The summed E-state index contributed by atoms with van der Waals surface area (Å²) < 4.78 is 1.90. The van der Waals surface area contributed by atoms with Crippen LogP contribution >= 0.6 is 0 Å². The maximum absolute atomic E-state index is 6.27. The highest BCUT2D eigenvalue weighted by Gasteiger charge is 2.12. The molecule has 0 bridgehead atoms. The standard InChI is InChI=1S/C15H21N3/c1-4-13-10-15(18(3)17-13)14(16)9-12-7-5-11(2)6-8-12/h5-8,10,14H,4,9,16H2,1-3H3. The lowest BCUT2D eigenvalue weighted by molar-refractivity contribution is 0.614. The summed E-state index contributed by atoms with van der Waals surface area (Å²) in [5, 5.41) is 4.44. The lowest BCUT2D eigenvalue weighted by Crippen LogP contribution is -2.17. The summed E-state index contributed by atoms with van der Waals surface area (Å²) in [6.45, 7) is 4.20. The maximum atomic E-state index is 6.27. The first-order valence-electron chi connectivity index (χ1n) is 6.44. The summed E-state index contributed by atoms with van der Waals surface area (Å²) in [5.41, 5.74) is 11.0. The molecule has 0 spiro atoms. The van der Waals surface area contributed by atoms with Crippen molar-refractivity contribution in [2.24, 2.45) is 12.8 Å². The highest BCUT2D eigenvalue weighted by Crippen LogP contribution is 2.17. The van der Waals surface area contributed by atoms with Crippen LogP contribution in [-0.4, -0.2) is 9.78 Å². The summed E-state index contributed by atoms with van der Waals surface area (Å²) >= 11 is 0. The van der Waals surface area contributed by atoms with Crippen molar-refractivity contribution >= 4 is 0 Å². The Morgan fingerprint density at radius 3 is 2.50 bits per heavy atom. The number of benzene rings is 1. The van der Waals surface area contributed by atoms with E-state index < -0.39 is 0 Å². The topological polar surface area (TPSA) is 43.8 Å². The Bertz CT molecular complexity index is 511. The summed E-state index contributed by atoms with van der Waals surface area (Å²) in [6.07, 6.45) is 1.80. The predicted molar refractivity (Wildman–Crippen MR) is 74.4 cm³/mol. The van der Waals surface area contributed by atoms with Gasteiger partial charge >= 0.3 is 0 Å². The fourth-order valence-electron chi connectivity index (χ4n) is 2.15. The number of hydrogen-bond donors (Lipinski definition) is 1. The molecule has 0 radical (unpaired) electrons. The van der Waals surface area contributed by atoms with Gasteiger partial charge in [-0.3, -0.25) is 4.68 Å². The molecular formula is C15H21N3. The second-order valence-corrected chi connectivity index (χ2v) is 4.83. The molecule has 1 aromatic carbocycles. The summed E-state index contributed by atoms with van der Waals surface area (Å²) in [4.78, 5) is 0. The molecule has 2 aromatic rings. The van der Waals surface area contributed by atoms with Gasteiger partial charge < -0.3 is 5.73 Å². The van der Waals surface area contributed by atoms with Gasteiger partial charge in [0, 0.05) is 7.05 Å². The van der Waals surface area contributed by atoms with Gasteiger partial charge in [-0.1, -0.05) is 36.8 Å². The number of aryl methyl sites for hydroxylation is 3. The highest BCUT2D eigenvalue weighted by atomic mass is 15.3. The number of aromatic nitrogens is 2. The smallest absolute Gasteiger partial charge is 0.0625 e. The van der Waals surface area contributed by atoms with E-state index in [1.54, 1.807) is 0 Å². The fourth-order valence-corrected chi connectivity index (χ4v) is 2.15. The average Bonchev–Trinajstić information content (AvgIpc) is 2.73. The van der Waals surface area contributed by atoms with Crippen LogP contribution in [0.15, 0.2) is 30.3 Å². The Balaban J connectivity index is 2.13. The molecule has 0 aliphatic rings. The van der Waals surface area contributed by atoms with Gasteiger partial charge in [-0.15, -0.1) is 0 Å². The van der Waals surface area contributed by atoms with Crippen molar-refractivity contribution in [2.75, 3.05) is 0 Å². The minimum Gasteiger partial charge on any atom is -0.322 e. The molecule has 2 N–H and O–H groups in total. The van der Waals surface area contributed by atoms with Gasteiger partial charge in [-0.2, -0.15) is 5.10 Å². The zero-order valence-electron chi connectivity index (χ0n) is 11.4. The van der Waals surface area contributed by atoms with E-state index in [2.05, 4.69) is 49.3 Å². The van der Waals surface area contributed by atoms with Crippen LogP contribution in [-0.2, 0) is 19.9 Å². The third-order valence-corrected chi connectivity index (χ3v) is 3.28. The molecule has 1 unspecified atom stereocenters. The van der Waals surface area contributed by atoms with E-state index in [4.69, 9.17) is 5.73 Å². The normalized spacial score (nSPS) is 12.7. The van der Waals surface area contributed by atoms with E-state index >= 15 is 0 Å². The van der Waals surface area contributed by atoms with Crippen molar-refractivity contribution in [1.29, 1.82) is 0 Å². The van der Waals surface area contributed by atoms with Crippen LogP contribution in [0.1, 0.15) is 35.5 Å². The van der Waals surface area contributed by atoms with Crippen molar-refractivity contribution in [2.45, 2.75) is 32.7 Å². The summed E-state index contributed by atoms with van der Waals surface area (Å²) in [5.74, 6) is 0. The molecule has 3 heteroatoms. The van der Waals surface area contributed by atoms with E-state index in [1.165, 1.54) is 11.1 Å². The Labute approximate surface area is 109 Å². The first kappa shape index (κ1) is 12.8. The van der Waals surface area contributed by atoms with Gasteiger partial charge in [0.15, 0.2) is 0 Å². The first-order chi connectivity index (χ1) is 8.60. The summed E-state index contributed by atoms with van der Waals surface area (Å²) in [6, 6.07) is 10.7. The molecule has 96 valence electrons. The number of nitrogens with zero attached hydrogens (tertiary/aromatic N) is 2. The molecule has 1 heterocycles. The van der Waals surface area contributed by atoms with E-state index in [1.807, 2.05) is 11.7 Å².